The Labute approximate surface area is 385 Å². The summed E-state index contributed by atoms with van der Waals surface area (Å²) in [5.74, 6) is -0.776. The van der Waals surface area contributed by atoms with Gasteiger partial charge in [-0.1, -0.05) is 265 Å². The molecule has 0 aliphatic carbocycles. The smallest absolute Gasteiger partial charge is 0.327 e. The maximum atomic E-state index is 12.7. The number of aliphatic carboxylic acids is 1. The van der Waals surface area contributed by atoms with Gasteiger partial charge in [0, 0.05) is 25.4 Å². The van der Waals surface area contributed by atoms with Crippen LogP contribution in [0, 0.1) is 0 Å². The lowest BCUT2D eigenvalue weighted by molar-refractivity contribution is -0.141. The van der Waals surface area contributed by atoms with Crippen molar-refractivity contribution in [3.63, 3.8) is 0 Å². The molecule has 364 valence electrons. The van der Waals surface area contributed by atoms with Gasteiger partial charge in [-0.25, -0.2) is 4.79 Å². The second-order valence-corrected chi connectivity index (χ2v) is 20.1. The number of carboxylic acids is 1. The van der Waals surface area contributed by atoms with E-state index in [9.17, 15) is 14.7 Å². The summed E-state index contributed by atoms with van der Waals surface area (Å²) < 4.78 is 12.3. The van der Waals surface area contributed by atoms with Crippen LogP contribution in [0.4, 0.5) is 0 Å². The zero-order valence-corrected chi connectivity index (χ0v) is 42.2. The number of thioether (sulfide) groups is 1. The number of ether oxygens (including phenoxy) is 2. The first-order chi connectivity index (χ1) is 30.0. The van der Waals surface area contributed by atoms with Crippen LogP contribution in [-0.4, -0.2) is 60.5 Å². The lowest BCUT2D eigenvalue weighted by Gasteiger charge is -2.20. The number of rotatable bonds is 53. The molecule has 0 radical (unpaired) electrons. The first-order valence-corrected chi connectivity index (χ1v) is 28.4. The molecule has 0 aromatic carbocycles. The molecule has 0 fully saturated rings. The fourth-order valence-electron chi connectivity index (χ4n) is 8.35. The zero-order valence-electron chi connectivity index (χ0n) is 41.4. The van der Waals surface area contributed by atoms with Crippen LogP contribution in [0.5, 0.6) is 0 Å². The van der Waals surface area contributed by atoms with Crippen molar-refractivity contribution in [3.8, 4) is 0 Å². The molecular formula is C54H107NO5S. The molecule has 2 N–H and O–H groups in total. The molecule has 0 saturated heterocycles. The quantitative estimate of drug-likeness (QED) is 0.0592. The van der Waals surface area contributed by atoms with Crippen molar-refractivity contribution < 1.29 is 24.2 Å². The van der Waals surface area contributed by atoms with E-state index in [1.807, 2.05) is 0 Å². The maximum Gasteiger partial charge on any atom is 0.327 e. The Morgan fingerprint density at radius 1 is 0.410 bits per heavy atom. The number of carbonyl (C=O) groups excluding carboxylic acids is 1. The van der Waals surface area contributed by atoms with E-state index in [0.717, 1.165) is 45.3 Å². The van der Waals surface area contributed by atoms with Gasteiger partial charge < -0.3 is 19.9 Å². The van der Waals surface area contributed by atoms with Crippen LogP contribution in [0.2, 0.25) is 0 Å². The van der Waals surface area contributed by atoms with Crippen molar-refractivity contribution in [1.29, 1.82) is 0 Å². The number of hydrogen-bond donors (Lipinski definition) is 2. The summed E-state index contributed by atoms with van der Waals surface area (Å²) in [5, 5.41) is 12.9. The van der Waals surface area contributed by atoms with Crippen LogP contribution >= 0.6 is 11.8 Å². The molecule has 0 aliphatic rings. The van der Waals surface area contributed by atoms with Gasteiger partial charge in [0.15, 0.2) is 0 Å². The average Bonchev–Trinajstić information content (AvgIpc) is 3.25. The molecule has 0 saturated carbocycles. The van der Waals surface area contributed by atoms with Crippen molar-refractivity contribution in [2.45, 2.75) is 302 Å². The monoisotopic (exact) mass is 882 g/mol. The SMILES string of the molecule is CCCCCCCCCCCCCCCCOCC(COCCCCCCCCCCCCCCCC)SC[C@H](NC(=O)CCCCCCCCCCCCCCC)C(=O)O. The topological polar surface area (TPSA) is 84.9 Å². The molecular weight excluding hydrogens is 775 g/mol. The third-order valence-electron chi connectivity index (χ3n) is 12.5. The summed E-state index contributed by atoms with van der Waals surface area (Å²) in [7, 11) is 0. The highest BCUT2D eigenvalue weighted by Gasteiger charge is 2.22. The summed E-state index contributed by atoms with van der Waals surface area (Å²) in [6.07, 6.45) is 54.4. The van der Waals surface area contributed by atoms with Crippen LogP contribution < -0.4 is 5.32 Å². The van der Waals surface area contributed by atoms with Gasteiger partial charge in [-0.05, 0) is 19.3 Å². The summed E-state index contributed by atoms with van der Waals surface area (Å²) in [5.41, 5.74) is 0. The summed E-state index contributed by atoms with van der Waals surface area (Å²) in [4.78, 5) is 24.9. The predicted molar refractivity (Wildman–Crippen MR) is 268 cm³/mol. The van der Waals surface area contributed by atoms with Gasteiger partial charge in [-0.2, -0.15) is 11.8 Å². The zero-order chi connectivity index (χ0) is 44.4. The van der Waals surface area contributed by atoms with Crippen molar-refractivity contribution in [2.24, 2.45) is 0 Å². The Morgan fingerprint density at radius 2 is 0.672 bits per heavy atom. The minimum absolute atomic E-state index is 0.0538. The van der Waals surface area contributed by atoms with Crippen molar-refractivity contribution in [1.82, 2.24) is 5.32 Å². The number of unbranched alkanes of at least 4 members (excludes halogenated alkanes) is 38. The molecule has 0 heterocycles. The van der Waals surface area contributed by atoms with E-state index in [2.05, 4.69) is 26.1 Å². The lowest BCUT2D eigenvalue weighted by Crippen LogP contribution is -2.43. The number of carbonyl (C=O) groups is 2. The van der Waals surface area contributed by atoms with Crippen LogP contribution in [-0.2, 0) is 19.1 Å². The van der Waals surface area contributed by atoms with E-state index in [-0.39, 0.29) is 11.2 Å². The van der Waals surface area contributed by atoms with Gasteiger partial charge in [0.25, 0.3) is 0 Å². The van der Waals surface area contributed by atoms with Gasteiger partial charge in [-0.15, -0.1) is 0 Å². The van der Waals surface area contributed by atoms with Gasteiger partial charge in [0.2, 0.25) is 5.91 Å². The molecule has 0 rings (SSSR count). The first kappa shape index (κ1) is 60.2. The van der Waals surface area contributed by atoms with E-state index in [1.165, 1.54) is 231 Å². The van der Waals surface area contributed by atoms with Crippen LogP contribution in [0.1, 0.15) is 290 Å². The van der Waals surface area contributed by atoms with Crippen LogP contribution in [0.25, 0.3) is 0 Å². The van der Waals surface area contributed by atoms with Gasteiger partial charge >= 0.3 is 5.97 Å². The number of amides is 1. The summed E-state index contributed by atoms with van der Waals surface area (Å²) >= 11 is 1.58. The molecule has 0 aromatic rings. The molecule has 6 nitrogen and oxygen atoms in total. The lowest BCUT2D eigenvalue weighted by atomic mass is 10.0. The fourth-order valence-corrected chi connectivity index (χ4v) is 9.42. The summed E-state index contributed by atoms with van der Waals surface area (Å²) in [6, 6.07) is -0.890. The highest BCUT2D eigenvalue weighted by molar-refractivity contribution is 8.00. The van der Waals surface area contributed by atoms with E-state index in [0.29, 0.717) is 25.4 Å². The highest BCUT2D eigenvalue weighted by atomic mass is 32.2. The Bertz CT molecular complexity index is 838. The largest absolute Gasteiger partial charge is 0.480 e. The minimum Gasteiger partial charge on any atom is -0.480 e. The molecule has 0 bridgehead atoms. The van der Waals surface area contributed by atoms with Crippen LogP contribution in [0.3, 0.4) is 0 Å². The van der Waals surface area contributed by atoms with E-state index >= 15 is 0 Å². The Balaban J connectivity index is 4.38. The van der Waals surface area contributed by atoms with Gasteiger partial charge in [0.1, 0.15) is 6.04 Å². The van der Waals surface area contributed by atoms with E-state index in [4.69, 9.17) is 9.47 Å². The molecule has 1 amide bonds. The van der Waals surface area contributed by atoms with Crippen molar-refractivity contribution in [3.05, 3.63) is 0 Å². The molecule has 1 atom stereocenters. The second kappa shape index (κ2) is 51.8. The Morgan fingerprint density at radius 3 is 0.951 bits per heavy atom. The molecule has 0 aliphatic heterocycles. The molecule has 0 aromatic heterocycles. The first-order valence-electron chi connectivity index (χ1n) is 27.3. The predicted octanol–water partition coefficient (Wildman–Crippen LogP) is 17.1. The van der Waals surface area contributed by atoms with E-state index < -0.39 is 12.0 Å². The maximum absolute atomic E-state index is 12.7. The van der Waals surface area contributed by atoms with Crippen molar-refractivity contribution in [2.75, 3.05) is 32.2 Å². The number of hydrogen-bond acceptors (Lipinski definition) is 5. The third kappa shape index (κ3) is 48.5. The molecule has 61 heavy (non-hydrogen) atoms. The molecule has 0 unspecified atom stereocenters. The normalized spacial score (nSPS) is 12.1. The fraction of sp³-hybridized carbons (Fsp3) is 0.963. The standard InChI is InChI=1S/C54H107NO5S/c1-4-7-10-13-16-19-22-25-28-31-34-37-40-43-46-59-48-51(49-60-47-44-41-38-35-32-29-26-23-20-17-14-11-8-5-2)61-50-52(54(57)58)55-53(56)45-42-39-36-33-30-27-24-21-18-15-12-9-6-3/h51-52H,4-50H2,1-3H3,(H,55,56)(H,57,58)/t52-/m0/s1. The highest BCUT2D eigenvalue weighted by Crippen LogP contribution is 2.18. The second-order valence-electron chi connectivity index (χ2n) is 18.7. The van der Waals surface area contributed by atoms with Crippen molar-refractivity contribution >= 4 is 23.6 Å². The molecule has 0 spiro atoms. The van der Waals surface area contributed by atoms with Gasteiger partial charge in [0.05, 0.1) is 18.5 Å². The number of carboxylic acid groups (broad SMARTS) is 1. The number of nitrogens with one attached hydrogen (secondary N) is 1. The summed E-state index contributed by atoms with van der Waals surface area (Å²) in [6.45, 7) is 9.44. The minimum atomic E-state index is -0.961. The van der Waals surface area contributed by atoms with Crippen LogP contribution in [0.15, 0.2) is 0 Å². The Hall–Kier alpha value is -0.790. The molecule has 7 heteroatoms. The Kier molecular flexibility index (Phi) is 51.2. The average molecular weight is 883 g/mol. The third-order valence-corrected chi connectivity index (χ3v) is 13.8. The van der Waals surface area contributed by atoms with E-state index in [1.54, 1.807) is 11.8 Å². The van der Waals surface area contributed by atoms with Gasteiger partial charge in [-0.3, -0.25) is 4.79 Å².